The summed E-state index contributed by atoms with van der Waals surface area (Å²) in [5, 5.41) is 3.38. The van der Waals surface area contributed by atoms with E-state index in [-0.39, 0.29) is 23.9 Å². The molecule has 6 heteroatoms. The van der Waals surface area contributed by atoms with Crippen molar-refractivity contribution in [2.45, 2.75) is 77.6 Å². The number of likely N-dealkylation sites (tertiary alicyclic amines) is 1. The van der Waals surface area contributed by atoms with E-state index in [9.17, 15) is 9.59 Å². The van der Waals surface area contributed by atoms with Crippen LogP contribution in [-0.4, -0.2) is 59.6 Å². The first-order chi connectivity index (χ1) is 18.0. The Morgan fingerprint density at radius 3 is 2.08 bits per heavy atom. The average molecular weight is 520 g/mol. The molecule has 0 unspecified atom stereocenters. The fraction of sp³-hybridized carbons (Fsp3) is 0.562. The Morgan fingerprint density at radius 1 is 0.974 bits per heavy atom. The van der Waals surface area contributed by atoms with Crippen LogP contribution in [0.25, 0.3) is 0 Å². The molecular formula is C32H45N3O3. The van der Waals surface area contributed by atoms with Crippen LogP contribution < -0.4 is 5.32 Å². The minimum atomic E-state index is -0.607. The normalized spacial score (nSPS) is 22.4. The van der Waals surface area contributed by atoms with E-state index in [1.54, 1.807) is 7.05 Å². The number of nitrogens with zero attached hydrogens (tertiary/aromatic N) is 2. The molecule has 0 spiro atoms. The molecular weight excluding hydrogens is 474 g/mol. The van der Waals surface area contributed by atoms with Crippen molar-refractivity contribution in [3.05, 3.63) is 71.8 Å². The number of likely N-dealkylation sites (N-methyl/N-ethyl adjacent to an activating group) is 1. The number of ether oxygens (including phenoxy) is 1. The van der Waals surface area contributed by atoms with Crippen LogP contribution in [0.4, 0.5) is 4.79 Å². The Kier molecular flexibility index (Phi) is 8.81. The standard InChI is InChI=1S/C32H45N3O3/c1-22(2)19-28(34(6)31(37)38-32(3,4)5)30(36)33-27-18-17-25-20-35(21-26(25)27)29(23-13-9-7-10-14-23)24-15-11-8-12-16-24/h7-16,22,25-29H,17-21H2,1-6H3,(H,33,36)/t25-,26+,27+,28-/m0/s1. The molecule has 0 radical (unpaired) electrons. The summed E-state index contributed by atoms with van der Waals surface area (Å²) in [5.41, 5.74) is 2.00. The van der Waals surface area contributed by atoms with Gasteiger partial charge in [-0.15, -0.1) is 0 Å². The first-order valence-corrected chi connectivity index (χ1v) is 14.1. The van der Waals surface area contributed by atoms with E-state index in [1.165, 1.54) is 16.0 Å². The van der Waals surface area contributed by atoms with Crippen molar-refractivity contribution in [2.75, 3.05) is 20.1 Å². The van der Waals surface area contributed by atoms with Crippen molar-refractivity contribution in [2.24, 2.45) is 17.8 Å². The predicted octanol–water partition coefficient (Wildman–Crippen LogP) is 5.88. The van der Waals surface area contributed by atoms with E-state index in [4.69, 9.17) is 4.74 Å². The molecule has 4 rings (SSSR count). The Bertz CT molecular complexity index is 1030. The molecule has 0 aromatic heterocycles. The molecule has 1 aliphatic heterocycles. The van der Waals surface area contributed by atoms with Gasteiger partial charge in [-0.2, -0.15) is 0 Å². The highest BCUT2D eigenvalue weighted by molar-refractivity contribution is 5.86. The zero-order valence-corrected chi connectivity index (χ0v) is 23.9. The maximum absolute atomic E-state index is 13.6. The Morgan fingerprint density at radius 2 is 1.55 bits per heavy atom. The number of fused-ring (bicyclic) bond motifs is 1. The van der Waals surface area contributed by atoms with Crippen LogP contribution in [0.3, 0.4) is 0 Å². The summed E-state index contributed by atoms with van der Waals surface area (Å²) in [4.78, 5) is 30.5. The molecule has 2 amide bonds. The summed E-state index contributed by atoms with van der Waals surface area (Å²) in [6.45, 7) is 11.7. The van der Waals surface area contributed by atoms with Gasteiger partial charge in [-0.25, -0.2) is 4.79 Å². The molecule has 38 heavy (non-hydrogen) atoms. The van der Waals surface area contributed by atoms with Crippen LogP contribution in [0.1, 0.15) is 71.0 Å². The summed E-state index contributed by atoms with van der Waals surface area (Å²) in [6, 6.07) is 21.2. The summed E-state index contributed by atoms with van der Waals surface area (Å²) >= 11 is 0. The summed E-state index contributed by atoms with van der Waals surface area (Å²) < 4.78 is 5.58. The Balaban J connectivity index is 1.48. The molecule has 2 fully saturated rings. The Hall–Kier alpha value is -2.86. The molecule has 2 aromatic carbocycles. The van der Waals surface area contributed by atoms with Crippen molar-refractivity contribution in [1.82, 2.24) is 15.1 Å². The highest BCUT2D eigenvalue weighted by atomic mass is 16.6. The lowest BCUT2D eigenvalue weighted by atomic mass is 9.96. The number of nitrogens with one attached hydrogen (secondary N) is 1. The van der Waals surface area contributed by atoms with E-state index in [2.05, 4.69) is 84.7 Å². The molecule has 206 valence electrons. The minimum Gasteiger partial charge on any atom is -0.444 e. The van der Waals surface area contributed by atoms with Gasteiger partial charge in [0.05, 0.1) is 6.04 Å². The number of rotatable bonds is 8. The van der Waals surface area contributed by atoms with Gasteiger partial charge < -0.3 is 10.1 Å². The van der Waals surface area contributed by atoms with Crippen molar-refractivity contribution in [3.8, 4) is 0 Å². The fourth-order valence-electron chi connectivity index (χ4n) is 6.20. The van der Waals surface area contributed by atoms with Gasteiger partial charge >= 0.3 is 6.09 Å². The third-order valence-corrected chi connectivity index (χ3v) is 7.95. The van der Waals surface area contributed by atoms with Crippen molar-refractivity contribution in [1.29, 1.82) is 0 Å². The minimum absolute atomic E-state index is 0.0705. The largest absolute Gasteiger partial charge is 0.444 e. The number of hydrogen-bond donors (Lipinski definition) is 1. The predicted molar refractivity (Wildman–Crippen MR) is 152 cm³/mol. The number of amides is 2. The Labute approximate surface area is 228 Å². The third-order valence-electron chi connectivity index (χ3n) is 7.95. The summed E-state index contributed by atoms with van der Waals surface area (Å²) in [7, 11) is 1.68. The van der Waals surface area contributed by atoms with Gasteiger partial charge in [0.2, 0.25) is 5.91 Å². The van der Waals surface area contributed by atoms with Crippen LogP contribution in [-0.2, 0) is 9.53 Å². The van der Waals surface area contributed by atoms with Gasteiger partial charge in [-0.3, -0.25) is 14.6 Å². The highest BCUT2D eigenvalue weighted by Crippen LogP contribution is 2.43. The van der Waals surface area contributed by atoms with Crippen LogP contribution in [0.5, 0.6) is 0 Å². The van der Waals surface area contributed by atoms with Crippen molar-refractivity contribution in [3.63, 3.8) is 0 Å². The zero-order chi connectivity index (χ0) is 27.4. The van der Waals surface area contributed by atoms with Gasteiger partial charge in [0.15, 0.2) is 0 Å². The lowest BCUT2D eigenvalue weighted by Crippen LogP contribution is -2.52. The second-order valence-electron chi connectivity index (χ2n) is 12.5. The summed E-state index contributed by atoms with van der Waals surface area (Å²) in [6.07, 6.45) is 2.24. The molecule has 6 nitrogen and oxygen atoms in total. The van der Waals surface area contributed by atoms with Crippen LogP contribution in [0, 0.1) is 17.8 Å². The third kappa shape index (κ3) is 6.76. The molecule has 1 aliphatic carbocycles. The monoisotopic (exact) mass is 519 g/mol. The van der Waals surface area contributed by atoms with Crippen molar-refractivity contribution < 1.29 is 14.3 Å². The van der Waals surface area contributed by atoms with E-state index in [0.29, 0.717) is 18.3 Å². The molecule has 0 bridgehead atoms. The molecule has 2 aromatic rings. The SMILES string of the molecule is CC(C)C[C@@H](C(=O)N[C@@H]1CC[C@H]2CN(C(c3ccccc3)c3ccccc3)C[C@H]21)N(C)C(=O)OC(C)(C)C. The first-order valence-electron chi connectivity index (χ1n) is 14.1. The van der Waals surface area contributed by atoms with Crippen molar-refractivity contribution >= 4 is 12.0 Å². The van der Waals surface area contributed by atoms with Gasteiger partial charge in [0.1, 0.15) is 11.6 Å². The van der Waals surface area contributed by atoms with E-state index in [0.717, 1.165) is 25.9 Å². The molecule has 1 saturated carbocycles. The number of carbonyl (C=O) groups excluding carboxylic acids is 2. The second kappa shape index (κ2) is 11.9. The number of benzene rings is 2. The first kappa shape index (κ1) is 28.2. The van der Waals surface area contributed by atoms with Crippen LogP contribution >= 0.6 is 0 Å². The smallest absolute Gasteiger partial charge is 0.410 e. The molecule has 1 N–H and O–H groups in total. The maximum Gasteiger partial charge on any atom is 0.410 e. The van der Waals surface area contributed by atoms with E-state index in [1.807, 2.05) is 20.8 Å². The molecule has 1 saturated heterocycles. The topological polar surface area (TPSA) is 61.9 Å². The highest BCUT2D eigenvalue weighted by Gasteiger charge is 2.46. The van der Waals surface area contributed by atoms with Crippen LogP contribution in [0.15, 0.2) is 60.7 Å². The van der Waals surface area contributed by atoms with Crippen LogP contribution in [0.2, 0.25) is 0 Å². The lowest BCUT2D eigenvalue weighted by Gasteiger charge is -2.33. The van der Waals surface area contributed by atoms with Gasteiger partial charge in [0, 0.05) is 26.2 Å². The zero-order valence-electron chi connectivity index (χ0n) is 23.9. The van der Waals surface area contributed by atoms with Gasteiger partial charge in [0.25, 0.3) is 0 Å². The van der Waals surface area contributed by atoms with E-state index < -0.39 is 17.7 Å². The van der Waals surface area contributed by atoms with E-state index >= 15 is 0 Å². The number of carbonyl (C=O) groups is 2. The summed E-state index contributed by atoms with van der Waals surface area (Å²) in [5.74, 6) is 1.16. The second-order valence-corrected chi connectivity index (χ2v) is 12.5. The quantitative estimate of drug-likeness (QED) is 0.473. The molecule has 4 atom stereocenters. The fourth-order valence-corrected chi connectivity index (χ4v) is 6.20. The maximum atomic E-state index is 13.6. The number of hydrogen-bond acceptors (Lipinski definition) is 4. The average Bonchev–Trinajstić information content (AvgIpc) is 3.44. The molecule has 1 heterocycles. The molecule has 2 aliphatic rings. The van der Waals surface area contributed by atoms with Gasteiger partial charge in [-0.05, 0) is 68.9 Å². The lowest BCUT2D eigenvalue weighted by molar-refractivity contribution is -0.127. The van der Waals surface area contributed by atoms with Gasteiger partial charge in [-0.1, -0.05) is 74.5 Å².